The van der Waals surface area contributed by atoms with Crippen LogP contribution in [0.3, 0.4) is 0 Å². The van der Waals surface area contributed by atoms with Crippen molar-refractivity contribution < 1.29 is 4.74 Å². The Morgan fingerprint density at radius 3 is 2.55 bits per heavy atom. The SMILES string of the molecule is CCNC(Cc1ccc(OC)cc1)Cc1cc(Br)cs1. The summed E-state index contributed by atoms with van der Waals surface area (Å²) in [6.45, 7) is 3.15. The van der Waals surface area contributed by atoms with Crippen molar-refractivity contribution >= 4 is 27.3 Å². The van der Waals surface area contributed by atoms with Gasteiger partial charge in [-0.1, -0.05) is 19.1 Å². The highest BCUT2D eigenvalue weighted by molar-refractivity contribution is 9.10. The predicted molar refractivity (Wildman–Crippen MR) is 89.9 cm³/mol. The molecule has 0 amide bonds. The Hall–Kier alpha value is -0.840. The molecular weight excluding hydrogens is 334 g/mol. The molecule has 1 heterocycles. The molecule has 0 fully saturated rings. The third-order valence-corrected chi connectivity index (χ3v) is 4.92. The monoisotopic (exact) mass is 353 g/mol. The smallest absolute Gasteiger partial charge is 0.118 e. The number of halogens is 1. The minimum atomic E-state index is 0.471. The summed E-state index contributed by atoms with van der Waals surface area (Å²) in [4.78, 5) is 1.41. The van der Waals surface area contributed by atoms with Crippen LogP contribution in [-0.2, 0) is 12.8 Å². The van der Waals surface area contributed by atoms with Crippen molar-refractivity contribution in [3.63, 3.8) is 0 Å². The van der Waals surface area contributed by atoms with E-state index in [1.807, 2.05) is 23.5 Å². The van der Waals surface area contributed by atoms with Crippen LogP contribution in [0.4, 0.5) is 0 Å². The highest BCUT2D eigenvalue weighted by Crippen LogP contribution is 2.22. The average molecular weight is 354 g/mol. The van der Waals surface area contributed by atoms with Gasteiger partial charge in [0.1, 0.15) is 5.75 Å². The summed E-state index contributed by atoms with van der Waals surface area (Å²) in [5.41, 5.74) is 1.34. The van der Waals surface area contributed by atoms with Gasteiger partial charge in [-0.15, -0.1) is 11.3 Å². The van der Waals surface area contributed by atoms with E-state index in [4.69, 9.17) is 4.74 Å². The summed E-state index contributed by atoms with van der Waals surface area (Å²) in [5.74, 6) is 0.913. The summed E-state index contributed by atoms with van der Waals surface area (Å²) >= 11 is 5.33. The maximum atomic E-state index is 5.20. The second-order valence-corrected chi connectivity index (χ2v) is 6.65. The minimum absolute atomic E-state index is 0.471. The number of thiophene rings is 1. The Labute approximate surface area is 133 Å². The molecule has 0 saturated heterocycles. The number of ether oxygens (including phenoxy) is 1. The van der Waals surface area contributed by atoms with Crippen LogP contribution < -0.4 is 10.1 Å². The van der Waals surface area contributed by atoms with Crippen LogP contribution in [0.2, 0.25) is 0 Å². The summed E-state index contributed by atoms with van der Waals surface area (Å²) < 4.78 is 6.38. The zero-order valence-corrected chi connectivity index (χ0v) is 14.3. The molecule has 0 bridgehead atoms. The molecule has 0 aliphatic carbocycles. The van der Waals surface area contributed by atoms with E-state index in [0.717, 1.165) is 25.1 Å². The first-order chi connectivity index (χ1) is 9.71. The lowest BCUT2D eigenvalue weighted by atomic mass is 10.0. The van der Waals surface area contributed by atoms with Crippen LogP contribution >= 0.6 is 27.3 Å². The van der Waals surface area contributed by atoms with Crippen LogP contribution in [0.25, 0.3) is 0 Å². The van der Waals surface area contributed by atoms with E-state index in [0.29, 0.717) is 6.04 Å². The maximum absolute atomic E-state index is 5.20. The van der Waals surface area contributed by atoms with E-state index in [-0.39, 0.29) is 0 Å². The first kappa shape index (κ1) is 15.5. The molecule has 0 radical (unpaired) electrons. The molecule has 2 nitrogen and oxygen atoms in total. The van der Waals surface area contributed by atoms with Crippen molar-refractivity contribution in [1.29, 1.82) is 0 Å². The number of hydrogen-bond acceptors (Lipinski definition) is 3. The van der Waals surface area contributed by atoms with E-state index < -0.39 is 0 Å². The van der Waals surface area contributed by atoms with Crippen LogP contribution in [0, 0.1) is 0 Å². The molecule has 20 heavy (non-hydrogen) atoms. The molecule has 0 aliphatic heterocycles. The van der Waals surface area contributed by atoms with E-state index in [9.17, 15) is 0 Å². The zero-order valence-electron chi connectivity index (χ0n) is 11.9. The summed E-state index contributed by atoms with van der Waals surface area (Å²) in [5, 5.41) is 5.72. The molecule has 0 aliphatic rings. The van der Waals surface area contributed by atoms with Crippen LogP contribution in [0.5, 0.6) is 5.75 Å². The van der Waals surface area contributed by atoms with Gasteiger partial charge in [-0.2, -0.15) is 0 Å². The van der Waals surface area contributed by atoms with Crippen molar-refractivity contribution in [2.45, 2.75) is 25.8 Å². The van der Waals surface area contributed by atoms with E-state index in [1.54, 1.807) is 7.11 Å². The molecule has 1 N–H and O–H groups in total. The third-order valence-electron chi connectivity index (χ3n) is 3.20. The average Bonchev–Trinajstić information content (AvgIpc) is 2.85. The van der Waals surface area contributed by atoms with Gasteiger partial charge in [0, 0.05) is 20.8 Å². The van der Waals surface area contributed by atoms with Gasteiger partial charge >= 0.3 is 0 Å². The second-order valence-electron chi connectivity index (χ2n) is 4.74. The third kappa shape index (κ3) is 4.62. The molecule has 0 saturated carbocycles. The van der Waals surface area contributed by atoms with Gasteiger partial charge < -0.3 is 10.1 Å². The number of benzene rings is 1. The van der Waals surface area contributed by atoms with Gasteiger partial charge in [-0.3, -0.25) is 0 Å². The van der Waals surface area contributed by atoms with Crippen molar-refractivity contribution in [2.24, 2.45) is 0 Å². The number of hydrogen-bond donors (Lipinski definition) is 1. The molecule has 1 aromatic carbocycles. The largest absolute Gasteiger partial charge is 0.497 e. The zero-order chi connectivity index (χ0) is 14.4. The highest BCUT2D eigenvalue weighted by Gasteiger charge is 2.11. The predicted octanol–water partition coefficient (Wildman–Crippen LogP) is 4.28. The van der Waals surface area contributed by atoms with Gasteiger partial charge in [0.25, 0.3) is 0 Å². The van der Waals surface area contributed by atoms with Gasteiger partial charge in [-0.25, -0.2) is 0 Å². The topological polar surface area (TPSA) is 21.3 Å². The molecule has 1 aromatic heterocycles. The number of methoxy groups -OCH3 is 1. The Balaban J connectivity index is 2.00. The van der Waals surface area contributed by atoms with E-state index >= 15 is 0 Å². The Morgan fingerprint density at radius 1 is 1.25 bits per heavy atom. The molecule has 2 rings (SSSR count). The van der Waals surface area contributed by atoms with E-state index in [2.05, 4.69) is 51.7 Å². The maximum Gasteiger partial charge on any atom is 0.118 e. The molecule has 108 valence electrons. The van der Waals surface area contributed by atoms with Crippen molar-refractivity contribution in [3.8, 4) is 5.75 Å². The number of likely N-dealkylation sites (N-methyl/N-ethyl adjacent to an activating group) is 1. The standard InChI is InChI=1S/C16H20BrNOS/c1-3-18-14(10-16-9-13(17)11-20-16)8-12-4-6-15(19-2)7-5-12/h4-7,9,11,14,18H,3,8,10H2,1-2H3. The molecule has 2 aromatic rings. The lowest BCUT2D eigenvalue weighted by molar-refractivity contribution is 0.414. The molecule has 1 atom stereocenters. The summed E-state index contributed by atoms with van der Waals surface area (Å²) in [7, 11) is 1.70. The van der Waals surface area contributed by atoms with Crippen molar-refractivity contribution in [2.75, 3.05) is 13.7 Å². The highest BCUT2D eigenvalue weighted by atomic mass is 79.9. The fourth-order valence-electron chi connectivity index (χ4n) is 2.26. The summed E-state index contributed by atoms with van der Waals surface area (Å²) in [6.07, 6.45) is 2.10. The fraction of sp³-hybridized carbons (Fsp3) is 0.375. The Kier molecular flexibility index (Phi) is 6.07. The van der Waals surface area contributed by atoms with Crippen molar-refractivity contribution in [3.05, 3.63) is 50.6 Å². The van der Waals surface area contributed by atoms with Gasteiger partial charge in [0.15, 0.2) is 0 Å². The number of nitrogens with one attached hydrogen (secondary N) is 1. The first-order valence-corrected chi connectivity index (χ1v) is 8.47. The molecular formula is C16H20BrNOS. The van der Waals surface area contributed by atoms with Crippen LogP contribution in [0.1, 0.15) is 17.4 Å². The second kappa shape index (κ2) is 7.81. The van der Waals surface area contributed by atoms with Gasteiger partial charge in [-0.05, 0) is 59.1 Å². The van der Waals surface area contributed by atoms with E-state index in [1.165, 1.54) is 14.9 Å². The van der Waals surface area contributed by atoms with Crippen LogP contribution in [-0.4, -0.2) is 19.7 Å². The molecule has 1 unspecified atom stereocenters. The van der Waals surface area contributed by atoms with Gasteiger partial charge in [0.05, 0.1) is 7.11 Å². The minimum Gasteiger partial charge on any atom is -0.497 e. The van der Waals surface area contributed by atoms with Gasteiger partial charge in [0.2, 0.25) is 0 Å². The lowest BCUT2D eigenvalue weighted by Gasteiger charge is -2.17. The Morgan fingerprint density at radius 2 is 2.00 bits per heavy atom. The first-order valence-electron chi connectivity index (χ1n) is 6.80. The summed E-state index contributed by atoms with van der Waals surface area (Å²) in [6, 6.07) is 11.0. The normalized spacial score (nSPS) is 12.3. The quantitative estimate of drug-likeness (QED) is 0.801. The Bertz CT molecular complexity index is 524. The number of rotatable bonds is 7. The molecule has 4 heteroatoms. The van der Waals surface area contributed by atoms with Crippen molar-refractivity contribution in [1.82, 2.24) is 5.32 Å². The lowest BCUT2D eigenvalue weighted by Crippen LogP contribution is -2.32. The fourth-order valence-corrected chi connectivity index (χ4v) is 3.79. The van der Waals surface area contributed by atoms with Crippen LogP contribution in [0.15, 0.2) is 40.2 Å². The molecule has 0 spiro atoms.